The summed E-state index contributed by atoms with van der Waals surface area (Å²) in [6.07, 6.45) is 1.32. The topological polar surface area (TPSA) is 181 Å². The molecule has 2 aromatic rings. The van der Waals surface area contributed by atoms with Crippen molar-refractivity contribution in [3.8, 4) is 11.3 Å². The highest BCUT2D eigenvalue weighted by atomic mass is 31.2. The van der Waals surface area contributed by atoms with Gasteiger partial charge in [-0.3, -0.25) is 23.8 Å². The van der Waals surface area contributed by atoms with Gasteiger partial charge >= 0.3 is 13.6 Å². The van der Waals surface area contributed by atoms with Crippen molar-refractivity contribution in [1.82, 2.24) is 20.1 Å². The van der Waals surface area contributed by atoms with Gasteiger partial charge in [0.15, 0.2) is 0 Å². The minimum absolute atomic E-state index is 0.0274. The van der Waals surface area contributed by atoms with E-state index in [9.17, 15) is 33.8 Å². The van der Waals surface area contributed by atoms with Crippen molar-refractivity contribution in [2.75, 3.05) is 45.5 Å². The summed E-state index contributed by atoms with van der Waals surface area (Å²) in [5, 5.41) is 20.9. The maximum atomic E-state index is 13.4. The van der Waals surface area contributed by atoms with Gasteiger partial charge in [-0.05, 0) is 55.3 Å². The number of aliphatic carboxylic acids is 1. The Morgan fingerprint density at radius 2 is 1.76 bits per heavy atom. The molecule has 5 N–H and O–H groups in total. The van der Waals surface area contributed by atoms with Crippen molar-refractivity contribution in [2.45, 2.75) is 37.6 Å². The van der Waals surface area contributed by atoms with Gasteiger partial charge in [-0.25, -0.2) is 4.98 Å². The first-order valence-electron chi connectivity index (χ1n) is 13.8. The van der Waals surface area contributed by atoms with Crippen LogP contribution in [-0.4, -0.2) is 104 Å². The first-order chi connectivity index (χ1) is 19.5. The molecule has 0 unspecified atom stereocenters. The lowest BCUT2D eigenvalue weighted by molar-refractivity contribution is -0.137. The SMILES string of the molecule is O=C(O)CCCCN1CCN(C(=O)[C@H](CP(=O)(O)O)NC(=O)c2cc([C@H]3C[C@@H]3CO)cc(-c3ccccc3)n2)CC1. The number of benzene rings is 1. The number of rotatable bonds is 13. The van der Waals surface area contributed by atoms with Crippen LogP contribution in [0.4, 0.5) is 0 Å². The van der Waals surface area contributed by atoms with Crippen molar-refractivity contribution in [2.24, 2.45) is 5.92 Å². The molecule has 12 nitrogen and oxygen atoms in total. The molecule has 1 saturated carbocycles. The molecule has 4 rings (SSSR count). The molecule has 3 atom stereocenters. The number of carboxylic acids is 1. The second-order valence-corrected chi connectivity index (χ2v) is 12.4. The van der Waals surface area contributed by atoms with Gasteiger partial charge in [0.2, 0.25) is 5.91 Å². The highest BCUT2D eigenvalue weighted by Gasteiger charge is 2.39. The molecule has 1 saturated heterocycles. The van der Waals surface area contributed by atoms with E-state index in [0.29, 0.717) is 51.3 Å². The molecule has 2 amide bonds. The van der Waals surface area contributed by atoms with E-state index < -0.39 is 37.6 Å². The van der Waals surface area contributed by atoms with Crippen LogP contribution in [0.2, 0.25) is 0 Å². The van der Waals surface area contributed by atoms with Gasteiger partial charge in [0.25, 0.3) is 5.91 Å². The molecule has 0 spiro atoms. The van der Waals surface area contributed by atoms with E-state index in [1.165, 1.54) is 4.90 Å². The van der Waals surface area contributed by atoms with E-state index in [1.807, 2.05) is 36.4 Å². The van der Waals surface area contributed by atoms with Crippen LogP contribution in [0.3, 0.4) is 0 Å². The van der Waals surface area contributed by atoms with Crippen molar-refractivity contribution >= 4 is 25.4 Å². The second-order valence-electron chi connectivity index (χ2n) is 10.7. The number of piperazine rings is 1. The third-order valence-corrected chi connectivity index (χ3v) is 8.40. The summed E-state index contributed by atoms with van der Waals surface area (Å²) >= 11 is 0. The van der Waals surface area contributed by atoms with Crippen LogP contribution in [0.1, 0.15) is 47.7 Å². The minimum Gasteiger partial charge on any atom is -0.481 e. The standard InChI is InChI=1S/C28H37N4O8P/c33-17-21-14-22(21)20-15-23(19-6-2-1-3-7-19)29-24(16-20)27(36)30-25(18-41(38,39)40)28(37)32-12-10-31(11-13-32)9-5-4-8-26(34)35/h1-3,6-7,15-16,21-22,25,33H,4-5,8-14,17-18H2,(H,30,36)(H,34,35)(H2,38,39,40)/t21-,22-,25+/m1/s1. The van der Waals surface area contributed by atoms with Crippen LogP contribution in [0.5, 0.6) is 0 Å². The van der Waals surface area contributed by atoms with E-state index in [4.69, 9.17) is 5.11 Å². The molecule has 0 bridgehead atoms. The van der Waals surface area contributed by atoms with Crippen molar-refractivity contribution in [3.63, 3.8) is 0 Å². The molecule has 41 heavy (non-hydrogen) atoms. The maximum Gasteiger partial charge on any atom is 0.328 e. The molecule has 2 aliphatic rings. The molecular formula is C28H37N4O8P. The number of carbonyl (C=O) groups is 3. The van der Waals surface area contributed by atoms with Crippen LogP contribution in [0.15, 0.2) is 42.5 Å². The monoisotopic (exact) mass is 588 g/mol. The summed E-state index contributed by atoms with van der Waals surface area (Å²) in [6, 6.07) is 11.3. The lowest BCUT2D eigenvalue weighted by Gasteiger charge is -2.36. The van der Waals surface area contributed by atoms with Gasteiger partial charge < -0.3 is 30.2 Å². The average molecular weight is 589 g/mol. The van der Waals surface area contributed by atoms with Gasteiger partial charge in [-0.1, -0.05) is 30.3 Å². The minimum atomic E-state index is -4.67. The zero-order chi connectivity index (χ0) is 29.6. The van der Waals surface area contributed by atoms with Crippen molar-refractivity contribution in [1.29, 1.82) is 0 Å². The van der Waals surface area contributed by atoms with Crippen LogP contribution >= 0.6 is 7.60 Å². The quantitative estimate of drug-likeness (QED) is 0.170. The molecule has 2 heterocycles. The number of carboxylic acid groups (broad SMARTS) is 1. The number of amides is 2. The summed E-state index contributed by atoms with van der Waals surface area (Å²) in [4.78, 5) is 65.0. The van der Waals surface area contributed by atoms with Gasteiger partial charge in [-0.15, -0.1) is 0 Å². The van der Waals surface area contributed by atoms with Crippen molar-refractivity contribution in [3.05, 3.63) is 53.7 Å². The molecule has 1 aliphatic heterocycles. The normalized spacial score (nSPS) is 19.9. The molecule has 0 radical (unpaired) electrons. The molecule has 1 aromatic carbocycles. The van der Waals surface area contributed by atoms with E-state index in [0.717, 1.165) is 17.5 Å². The number of aromatic nitrogens is 1. The highest BCUT2D eigenvalue weighted by Crippen LogP contribution is 2.47. The summed E-state index contributed by atoms with van der Waals surface area (Å²) < 4.78 is 11.9. The zero-order valence-electron chi connectivity index (χ0n) is 22.8. The Labute approximate surface area is 238 Å². The number of nitrogens with zero attached hydrogens (tertiary/aromatic N) is 3. The van der Waals surface area contributed by atoms with Crippen LogP contribution in [0.25, 0.3) is 11.3 Å². The largest absolute Gasteiger partial charge is 0.481 e. The number of unbranched alkanes of at least 4 members (excludes halogenated alkanes) is 1. The number of aliphatic hydroxyl groups is 1. The molecule has 13 heteroatoms. The number of carbonyl (C=O) groups excluding carboxylic acids is 2. The fourth-order valence-corrected chi connectivity index (χ4v) is 5.90. The number of hydrogen-bond donors (Lipinski definition) is 5. The number of pyridine rings is 1. The number of hydrogen-bond acceptors (Lipinski definition) is 7. The van der Waals surface area contributed by atoms with Gasteiger partial charge in [0, 0.05) is 44.8 Å². The lowest BCUT2D eigenvalue weighted by Crippen LogP contribution is -2.56. The lowest BCUT2D eigenvalue weighted by atomic mass is 10.0. The van der Waals surface area contributed by atoms with E-state index in [-0.39, 0.29) is 30.6 Å². The average Bonchev–Trinajstić information content (AvgIpc) is 3.75. The Morgan fingerprint density at radius 3 is 2.37 bits per heavy atom. The van der Waals surface area contributed by atoms with E-state index in [2.05, 4.69) is 15.2 Å². The van der Waals surface area contributed by atoms with Gasteiger partial charge in [0.05, 0.1) is 11.9 Å². The van der Waals surface area contributed by atoms with E-state index >= 15 is 0 Å². The molecule has 1 aliphatic carbocycles. The summed E-state index contributed by atoms with van der Waals surface area (Å²) in [6.45, 7) is 2.44. The Bertz CT molecular complexity index is 1280. The van der Waals surface area contributed by atoms with E-state index in [1.54, 1.807) is 6.07 Å². The van der Waals surface area contributed by atoms with Gasteiger partial charge in [-0.2, -0.15) is 0 Å². The Morgan fingerprint density at radius 1 is 1.05 bits per heavy atom. The third kappa shape index (κ3) is 8.92. The Kier molecular flexibility index (Phi) is 10.3. The van der Waals surface area contributed by atoms with Crippen LogP contribution in [0, 0.1) is 5.92 Å². The smallest absolute Gasteiger partial charge is 0.328 e. The molecular weight excluding hydrogens is 551 g/mol. The van der Waals surface area contributed by atoms with Crippen LogP contribution in [-0.2, 0) is 14.2 Å². The Hall–Kier alpha value is -3.15. The summed E-state index contributed by atoms with van der Waals surface area (Å²) in [7, 11) is -4.67. The Balaban J connectivity index is 1.47. The predicted octanol–water partition coefficient (Wildman–Crippen LogP) is 1.52. The summed E-state index contributed by atoms with van der Waals surface area (Å²) in [5.41, 5.74) is 2.20. The summed E-state index contributed by atoms with van der Waals surface area (Å²) in [5.74, 6) is -1.95. The number of aliphatic hydroxyl groups excluding tert-OH is 1. The molecule has 222 valence electrons. The zero-order valence-corrected chi connectivity index (χ0v) is 23.7. The first kappa shape index (κ1) is 30.8. The fraction of sp³-hybridized carbons (Fsp3) is 0.500. The van der Waals surface area contributed by atoms with Gasteiger partial charge in [0.1, 0.15) is 11.7 Å². The number of nitrogens with one attached hydrogen (secondary N) is 1. The highest BCUT2D eigenvalue weighted by molar-refractivity contribution is 7.51. The maximum absolute atomic E-state index is 13.4. The van der Waals surface area contributed by atoms with Crippen LogP contribution < -0.4 is 5.32 Å². The predicted molar refractivity (Wildman–Crippen MR) is 150 cm³/mol. The first-order valence-corrected chi connectivity index (χ1v) is 15.6. The van der Waals surface area contributed by atoms with Crippen molar-refractivity contribution < 1.29 is 38.9 Å². The molecule has 2 fully saturated rings. The fourth-order valence-electron chi connectivity index (χ4n) is 5.18. The molecule has 1 aromatic heterocycles. The second kappa shape index (κ2) is 13.7. The third-order valence-electron chi connectivity index (χ3n) is 7.56.